The number of hydrogen-bond acceptors (Lipinski definition) is 4. The van der Waals surface area contributed by atoms with Crippen LogP contribution in [0.15, 0.2) is 0 Å². The summed E-state index contributed by atoms with van der Waals surface area (Å²) in [7, 11) is 1.84. The van der Waals surface area contributed by atoms with Crippen LogP contribution in [0.25, 0.3) is 0 Å². The normalized spacial score (nSPS) is 18.0. The molecule has 0 aromatic heterocycles. The van der Waals surface area contributed by atoms with Crippen LogP contribution in [0.2, 0.25) is 0 Å². The first kappa shape index (κ1) is 13.9. The topological polar surface area (TPSA) is 78.7 Å². The van der Waals surface area contributed by atoms with Gasteiger partial charge in [0.05, 0.1) is 6.54 Å². The predicted molar refractivity (Wildman–Crippen MR) is 64.9 cm³/mol. The van der Waals surface area contributed by atoms with E-state index in [4.69, 9.17) is 5.84 Å². The number of rotatable bonds is 5. The number of nitrogens with two attached hydrogens (primary N) is 1. The summed E-state index contributed by atoms with van der Waals surface area (Å²) in [4.78, 5) is 26.5. The van der Waals surface area contributed by atoms with Gasteiger partial charge in [-0.15, -0.1) is 0 Å². The van der Waals surface area contributed by atoms with Crippen LogP contribution < -0.4 is 11.3 Å². The molecule has 3 N–H and O–H groups in total. The fourth-order valence-electron chi connectivity index (χ4n) is 1.93. The molecule has 0 radical (unpaired) electrons. The number of nitrogens with zero attached hydrogens (tertiary/aromatic N) is 2. The monoisotopic (exact) mass is 242 g/mol. The van der Waals surface area contributed by atoms with Crippen molar-refractivity contribution in [3.63, 3.8) is 0 Å². The number of carbonyl (C=O) groups excluding carboxylic acids is 2. The highest BCUT2D eigenvalue weighted by Gasteiger charge is 2.18. The van der Waals surface area contributed by atoms with E-state index in [0.29, 0.717) is 13.0 Å². The molecule has 0 aliphatic carbocycles. The number of carbonyl (C=O) groups is 2. The van der Waals surface area contributed by atoms with Gasteiger partial charge in [0.2, 0.25) is 11.8 Å². The van der Waals surface area contributed by atoms with Gasteiger partial charge in [-0.2, -0.15) is 0 Å². The Morgan fingerprint density at radius 2 is 2.18 bits per heavy atom. The Hall–Kier alpha value is -1.14. The largest absolute Gasteiger partial charge is 0.345 e. The third-order valence-corrected chi connectivity index (χ3v) is 3.04. The lowest BCUT2D eigenvalue weighted by molar-refractivity contribution is -0.130. The maximum absolute atomic E-state index is 11.6. The van der Waals surface area contributed by atoms with Gasteiger partial charge in [-0.25, -0.2) is 5.84 Å². The summed E-state index contributed by atoms with van der Waals surface area (Å²) in [5.74, 6) is 5.05. The van der Waals surface area contributed by atoms with Crippen LogP contribution >= 0.6 is 0 Å². The zero-order valence-corrected chi connectivity index (χ0v) is 10.4. The van der Waals surface area contributed by atoms with Crippen LogP contribution in [0, 0.1) is 0 Å². The lowest BCUT2D eigenvalue weighted by atomic mass is 10.2. The average molecular weight is 242 g/mol. The Balaban J connectivity index is 2.18. The summed E-state index contributed by atoms with van der Waals surface area (Å²) in [6.07, 6.45) is 3.21. The van der Waals surface area contributed by atoms with E-state index >= 15 is 0 Å². The summed E-state index contributed by atoms with van der Waals surface area (Å²) in [5.41, 5.74) is 2.11. The Labute approximate surface area is 102 Å². The van der Waals surface area contributed by atoms with Crippen molar-refractivity contribution in [2.45, 2.75) is 25.7 Å². The van der Waals surface area contributed by atoms with Crippen molar-refractivity contribution in [3.05, 3.63) is 0 Å². The highest BCUT2D eigenvalue weighted by atomic mass is 16.2. The van der Waals surface area contributed by atoms with Crippen molar-refractivity contribution in [3.8, 4) is 0 Å². The van der Waals surface area contributed by atoms with Gasteiger partial charge in [-0.3, -0.25) is 19.9 Å². The molecule has 6 nitrogen and oxygen atoms in total. The highest BCUT2D eigenvalue weighted by molar-refractivity contribution is 5.78. The molecule has 0 bridgehead atoms. The van der Waals surface area contributed by atoms with Crippen LogP contribution in [-0.2, 0) is 9.59 Å². The van der Waals surface area contributed by atoms with Crippen molar-refractivity contribution in [2.24, 2.45) is 5.84 Å². The number of unbranched alkanes of at least 4 members (excludes halogenated alkanes) is 1. The molecule has 1 rings (SSSR count). The zero-order valence-electron chi connectivity index (χ0n) is 10.4. The van der Waals surface area contributed by atoms with Gasteiger partial charge in [0, 0.05) is 26.6 Å². The summed E-state index contributed by atoms with van der Waals surface area (Å²) >= 11 is 0. The molecule has 6 heteroatoms. The second kappa shape index (κ2) is 7.24. The SMILES string of the molecule is CN1CCCN(CCCCC(=O)NN)CC1=O. The number of hydrazine groups is 1. The summed E-state index contributed by atoms with van der Waals surface area (Å²) in [5, 5.41) is 0. The van der Waals surface area contributed by atoms with Gasteiger partial charge < -0.3 is 4.90 Å². The van der Waals surface area contributed by atoms with Crippen LogP contribution in [0.3, 0.4) is 0 Å². The minimum atomic E-state index is -0.128. The molecule has 0 aromatic carbocycles. The zero-order chi connectivity index (χ0) is 12.7. The lowest BCUT2D eigenvalue weighted by Crippen LogP contribution is -2.35. The molecule has 1 saturated heterocycles. The van der Waals surface area contributed by atoms with E-state index in [9.17, 15) is 9.59 Å². The van der Waals surface area contributed by atoms with E-state index in [-0.39, 0.29) is 11.8 Å². The Kier molecular flexibility index (Phi) is 5.93. The molecule has 2 amide bonds. The summed E-state index contributed by atoms with van der Waals surface area (Å²) < 4.78 is 0. The van der Waals surface area contributed by atoms with E-state index in [2.05, 4.69) is 10.3 Å². The van der Waals surface area contributed by atoms with Crippen LogP contribution in [0.4, 0.5) is 0 Å². The standard InChI is InChI=1S/C11H22N4O2/c1-14-6-4-8-15(9-11(14)17)7-3-2-5-10(16)13-12/h2-9,12H2,1H3,(H,13,16). The maximum Gasteiger partial charge on any atom is 0.236 e. The van der Waals surface area contributed by atoms with E-state index in [1.807, 2.05) is 7.05 Å². The Morgan fingerprint density at radius 1 is 1.41 bits per heavy atom. The van der Waals surface area contributed by atoms with Gasteiger partial charge in [-0.05, 0) is 25.8 Å². The minimum absolute atomic E-state index is 0.128. The summed E-state index contributed by atoms with van der Waals surface area (Å²) in [6, 6.07) is 0. The smallest absolute Gasteiger partial charge is 0.236 e. The molecule has 1 heterocycles. The molecule has 0 atom stereocenters. The van der Waals surface area contributed by atoms with E-state index < -0.39 is 0 Å². The van der Waals surface area contributed by atoms with Gasteiger partial charge in [0.15, 0.2) is 0 Å². The molecule has 1 aliphatic heterocycles. The van der Waals surface area contributed by atoms with E-state index in [1.165, 1.54) is 0 Å². The fraction of sp³-hybridized carbons (Fsp3) is 0.818. The third-order valence-electron chi connectivity index (χ3n) is 3.04. The Morgan fingerprint density at radius 3 is 2.88 bits per heavy atom. The first-order chi connectivity index (χ1) is 8.13. The Bertz CT molecular complexity index is 270. The molecular weight excluding hydrogens is 220 g/mol. The third kappa shape index (κ3) is 5.14. The molecule has 1 aliphatic rings. The number of likely N-dealkylation sites (N-methyl/N-ethyl adjacent to an activating group) is 1. The highest BCUT2D eigenvalue weighted by Crippen LogP contribution is 2.05. The maximum atomic E-state index is 11.6. The first-order valence-electron chi connectivity index (χ1n) is 6.09. The molecule has 98 valence electrons. The number of hydrogen-bond donors (Lipinski definition) is 2. The average Bonchev–Trinajstić information content (AvgIpc) is 2.47. The minimum Gasteiger partial charge on any atom is -0.345 e. The summed E-state index contributed by atoms with van der Waals surface area (Å²) in [6.45, 7) is 3.17. The molecule has 17 heavy (non-hydrogen) atoms. The number of amides is 2. The van der Waals surface area contributed by atoms with Gasteiger partial charge in [0.25, 0.3) is 0 Å². The van der Waals surface area contributed by atoms with Crippen molar-refractivity contribution < 1.29 is 9.59 Å². The van der Waals surface area contributed by atoms with Crippen molar-refractivity contribution in [2.75, 3.05) is 33.2 Å². The second-order valence-corrected chi connectivity index (χ2v) is 4.47. The van der Waals surface area contributed by atoms with Gasteiger partial charge >= 0.3 is 0 Å². The van der Waals surface area contributed by atoms with Crippen molar-refractivity contribution >= 4 is 11.8 Å². The molecule has 0 spiro atoms. The van der Waals surface area contributed by atoms with E-state index in [1.54, 1.807) is 4.90 Å². The predicted octanol–water partition coefficient (Wildman–Crippen LogP) is -0.689. The first-order valence-corrected chi connectivity index (χ1v) is 6.09. The van der Waals surface area contributed by atoms with Crippen molar-refractivity contribution in [1.82, 2.24) is 15.2 Å². The molecule has 0 aromatic rings. The van der Waals surface area contributed by atoms with Crippen LogP contribution in [0.5, 0.6) is 0 Å². The molecule has 0 unspecified atom stereocenters. The molecule has 0 saturated carbocycles. The van der Waals surface area contributed by atoms with E-state index in [0.717, 1.165) is 38.9 Å². The molecular formula is C11H22N4O2. The van der Waals surface area contributed by atoms with Gasteiger partial charge in [-0.1, -0.05) is 0 Å². The van der Waals surface area contributed by atoms with Gasteiger partial charge in [0.1, 0.15) is 0 Å². The number of nitrogens with one attached hydrogen (secondary N) is 1. The second-order valence-electron chi connectivity index (χ2n) is 4.47. The van der Waals surface area contributed by atoms with Crippen LogP contribution in [-0.4, -0.2) is 54.8 Å². The van der Waals surface area contributed by atoms with Crippen LogP contribution in [0.1, 0.15) is 25.7 Å². The fourth-order valence-corrected chi connectivity index (χ4v) is 1.93. The van der Waals surface area contributed by atoms with Crippen molar-refractivity contribution in [1.29, 1.82) is 0 Å². The quantitative estimate of drug-likeness (QED) is 0.289. The lowest BCUT2D eigenvalue weighted by Gasteiger charge is -2.18. The molecule has 1 fully saturated rings.